The van der Waals surface area contributed by atoms with E-state index in [4.69, 9.17) is 5.41 Å². The summed E-state index contributed by atoms with van der Waals surface area (Å²) in [6.07, 6.45) is 4.09. The molecule has 0 aliphatic heterocycles. The fourth-order valence-corrected chi connectivity index (χ4v) is 0.732. The fraction of sp³-hybridized carbons (Fsp3) is 0.778. The smallest absolute Gasteiger partial charge is 0.0901 e. The lowest BCUT2D eigenvalue weighted by Crippen LogP contribution is -2.17. The van der Waals surface area contributed by atoms with Gasteiger partial charge in [-0.3, -0.25) is 10.4 Å². The Hall–Kier alpha value is -0.860. The lowest BCUT2D eigenvalue weighted by Gasteiger charge is -2.14. The van der Waals surface area contributed by atoms with Gasteiger partial charge in [0.05, 0.1) is 18.7 Å². The molecule has 0 aliphatic carbocycles. The van der Waals surface area contributed by atoms with Crippen LogP contribution < -0.4 is 0 Å². The van der Waals surface area contributed by atoms with Gasteiger partial charge in [-0.1, -0.05) is 20.3 Å². The third kappa shape index (κ3) is 4.11. The van der Waals surface area contributed by atoms with Gasteiger partial charge in [0.1, 0.15) is 0 Å². The largest absolute Gasteiger partial charge is 0.327 e. The van der Waals surface area contributed by atoms with Crippen molar-refractivity contribution in [2.45, 2.75) is 33.2 Å². The highest BCUT2D eigenvalue weighted by Crippen LogP contribution is 2.09. The Morgan fingerprint density at radius 3 is 2.50 bits per heavy atom. The molecule has 2 atom stereocenters. The molecule has 0 amide bonds. The molecule has 3 heteroatoms. The minimum absolute atomic E-state index is 0.345. The van der Waals surface area contributed by atoms with E-state index in [2.05, 4.69) is 25.8 Å². The number of hydrogen-bond donors (Lipinski definition) is 1. The van der Waals surface area contributed by atoms with Gasteiger partial charge >= 0.3 is 0 Å². The zero-order valence-corrected chi connectivity index (χ0v) is 8.41. The van der Waals surface area contributed by atoms with Gasteiger partial charge in [0, 0.05) is 7.05 Å². The first kappa shape index (κ1) is 11.1. The summed E-state index contributed by atoms with van der Waals surface area (Å²) < 4.78 is 0. The van der Waals surface area contributed by atoms with E-state index in [9.17, 15) is 0 Å². The molecule has 2 unspecified atom stereocenters. The van der Waals surface area contributed by atoms with Crippen LogP contribution in [0.5, 0.6) is 0 Å². The molecule has 0 rings (SSSR count). The van der Waals surface area contributed by atoms with E-state index in [1.54, 1.807) is 18.3 Å². The van der Waals surface area contributed by atoms with Crippen LogP contribution in [0.15, 0.2) is 4.99 Å². The quantitative estimate of drug-likeness (QED) is 0.496. The van der Waals surface area contributed by atoms with Gasteiger partial charge in [0.15, 0.2) is 0 Å². The maximum Gasteiger partial charge on any atom is 0.0901 e. The second-order valence-corrected chi connectivity index (χ2v) is 3.19. The Kier molecular flexibility index (Phi) is 5.34. The highest BCUT2D eigenvalue weighted by Gasteiger charge is 2.06. The van der Waals surface area contributed by atoms with E-state index in [-0.39, 0.29) is 0 Å². The Morgan fingerprint density at radius 1 is 1.50 bits per heavy atom. The molecule has 0 aromatic rings. The molecule has 0 radical (unpaired) electrons. The fourth-order valence-electron chi connectivity index (χ4n) is 0.732. The number of rotatable bonds is 5. The average Bonchev–Trinajstić information content (AvgIpc) is 2.11. The van der Waals surface area contributed by atoms with Crippen LogP contribution in [0.1, 0.15) is 27.2 Å². The second kappa shape index (κ2) is 5.75. The Balaban J connectivity index is 3.89. The number of nitrogens with zero attached hydrogens (tertiary/aromatic N) is 2. The van der Waals surface area contributed by atoms with Gasteiger partial charge in [-0.25, -0.2) is 0 Å². The molecule has 3 nitrogen and oxygen atoms in total. The summed E-state index contributed by atoms with van der Waals surface area (Å²) in [4.78, 5) is 5.95. The van der Waals surface area contributed by atoms with Crippen molar-refractivity contribution < 1.29 is 0 Å². The summed E-state index contributed by atoms with van der Waals surface area (Å²) in [5.74, 6) is 0.611. The maximum absolute atomic E-state index is 6.91. The van der Waals surface area contributed by atoms with Gasteiger partial charge in [-0.15, -0.1) is 0 Å². The summed E-state index contributed by atoms with van der Waals surface area (Å²) in [7, 11) is 1.81. The normalized spacial score (nSPS) is 16.0. The van der Waals surface area contributed by atoms with E-state index in [1.165, 1.54) is 6.34 Å². The number of nitrogens with one attached hydrogen (secondary N) is 1. The van der Waals surface area contributed by atoms with Gasteiger partial charge < -0.3 is 4.90 Å². The van der Waals surface area contributed by atoms with Crippen molar-refractivity contribution in [2.75, 3.05) is 7.05 Å². The summed E-state index contributed by atoms with van der Waals surface area (Å²) >= 11 is 0. The molecule has 0 heterocycles. The molecule has 0 bridgehead atoms. The number of aliphatic imine (C=N–C) groups is 1. The monoisotopic (exact) mass is 169 g/mol. The first-order valence-corrected chi connectivity index (χ1v) is 4.37. The van der Waals surface area contributed by atoms with Crippen LogP contribution in [0.4, 0.5) is 0 Å². The van der Waals surface area contributed by atoms with Crippen molar-refractivity contribution in [1.82, 2.24) is 4.90 Å². The molecular formula is C9H19N3. The van der Waals surface area contributed by atoms with Gasteiger partial charge in [-0.2, -0.15) is 0 Å². The van der Waals surface area contributed by atoms with E-state index >= 15 is 0 Å². The molecule has 0 saturated carbocycles. The highest BCUT2D eigenvalue weighted by molar-refractivity contribution is 5.72. The predicted molar refractivity (Wildman–Crippen MR) is 54.0 cm³/mol. The zero-order valence-electron chi connectivity index (χ0n) is 8.41. The van der Waals surface area contributed by atoms with Crippen molar-refractivity contribution in [3.63, 3.8) is 0 Å². The first-order valence-electron chi connectivity index (χ1n) is 4.37. The second-order valence-electron chi connectivity index (χ2n) is 3.19. The summed E-state index contributed by atoms with van der Waals surface area (Å²) in [5.41, 5.74) is 0. The minimum Gasteiger partial charge on any atom is -0.327 e. The average molecular weight is 169 g/mol. The van der Waals surface area contributed by atoms with Crippen molar-refractivity contribution in [3.8, 4) is 0 Å². The first-order chi connectivity index (χ1) is 5.61. The van der Waals surface area contributed by atoms with E-state index < -0.39 is 0 Å². The van der Waals surface area contributed by atoms with Crippen LogP contribution in [0.25, 0.3) is 0 Å². The lowest BCUT2D eigenvalue weighted by atomic mass is 10.0. The van der Waals surface area contributed by atoms with Crippen molar-refractivity contribution in [3.05, 3.63) is 0 Å². The molecule has 1 N–H and O–H groups in total. The summed E-state index contributed by atoms with van der Waals surface area (Å²) in [6.45, 7) is 6.45. The molecule has 12 heavy (non-hydrogen) atoms. The summed E-state index contributed by atoms with van der Waals surface area (Å²) in [6, 6.07) is 0.345. The predicted octanol–water partition coefficient (Wildman–Crippen LogP) is 1.99. The molecule has 0 fully saturated rings. The van der Waals surface area contributed by atoms with Crippen molar-refractivity contribution >= 4 is 12.7 Å². The van der Waals surface area contributed by atoms with Crippen LogP contribution in [0, 0.1) is 11.3 Å². The Morgan fingerprint density at radius 2 is 2.08 bits per heavy atom. The van der Waals surface area contributed by atoms with Gasteiger partial charge in [0.25, 0.3) is 0 Å². The molecule has 0 aromatic heterocycles. The third-order valence-electron chi connectivity index (χ3n) is 2.16. The van der Waals surface area contributed by atoms with Gasteiger partial charge in [0.2, 0.25) is 0 Å². The third-order valence-corrected chi connectivity index (χ3v) is 2.16. The minimum atomic E-state index is 0.345. The SMILES string of the molecule is CCC(C)C(C)N=CN(C)C=N. The van der Waals surface area contributed by atoms with E-state index in [0.717, 1.165) is 6.42 Å². The van der Waals surface area contributed by atoms with Crippen molar-refractivity contribution in [1.29, 1.82) is 5.41 Å². The zero-order chi connectivity index (χ0) is 9.56. The summed E-state index contributed by atoms with van der Waals surface area (Å²) in [5, 5.41) is 6.91. The van der Waals surface area contributed by atoms with Crippen LogP contribution >= 0.6 is 0 Å². The number of hydrogen-bond acceptors (Lipinski definition) is 2. The molecular weight excluding hydrogens is 150 g/mol. The molecule has 70 valence electrons. The Bertz CT molecular complexity index is 154. The Labute approximate surface area is 75.0 Å². The standard InChI is InChI=1S/C9H19N3/c1-5-8(2)9(3)11-7-12(4)6-10/h6-10H,5H2,1-4H3. The maximum atomic E-state index is 6.91. The van der Waals surface area contributed by atoms with Crippen LogP contribution in [0.2, 0.25) is 0 Å². The highest BCUT2D eigenvalue weighted by atomic mass is 15.1. The van der Waals surface area contributed by atoms with Crippen molar-refractivity contribution in [2.24, 2.45) is 10.9 Å². The topological polar surface area (TPSA) is 39.5 Å². The van der Waals surface area contributed by atoms with E-state index in [0.29, 0.717) is 12.0 Å². The molecule has 0 saturated heterocycles. The van der Waals surface area contributed by atoms with Crippen LogP contribution in [-0.2, 0) is 0 Å². The molecule has 0 aliphatic rings. The molecule has 0 spiro atoms. The lowest BCUT2D eigenvalue weighted by molar-refractivity contribution is 0.470. The van der Waals surface area contributed by atoms with Crippen LogP contribution in [-0.4, -0.2) is 30.7 Å². The van der Waals surface area contributed by atoms with E-state index in [1.807, 2.05) is 0 Å². The van der Waals surface area contributed by atoms with Crippen LogP contribution in [0.3, 0.4) is 0 Å². The molecule has 0 aromatic carbocycles. The van der Waals surface area contributed by atoms with Gasteiger partial charge in [-0.05, 0) is 12.8 Å².